The van der Waals surface area contributed by atoms with E-state index in [-0.39, 0.29) is 5.69 Å². The molecule has 0 aliphatic carbocycles. The molecule has 0 unspecified atom stereocenters. The Kier molecular flexibility index (Phi) is 5.56. The van der Waals surface area contributed by atoms with Gasteiger partial charge < -0.3 is 25.2 Å². The molecule has 23 heavy (non-hydrogen) atoms. The van der Waals surface area contributed by atoms with Crippen LogP contribution in [-0.4, -0.2) is 48.4 Å². The lowest BCUT2D eigenvalue weighted by atomic mass is 10.2. The molecule has 0 aliphatic heterocycles. The van der Waals surface area contributed by atoms with Crippen molar-refractivity contribution in [1.29, 1.82) is 0 Å². The molecule has 0 atom stereocenters. The smallest absolute Gasteiger partial charge is 0.356 e. The summed E-state index contributed by atoms with van der Waals surface area (Å²) in [6, 6.07) is 5.52. The highest BCUT2D eigenvalue weighted by molar-refractivity contribution is 5.84. The Labute approximate surface area is 133 Å². The zero-order valence-electron chi connectivity index (χ0n) is 12.9. The van der Waals surface area contributed by atoms with Crippen molar-refractivity contribution in [1.82, 2.24) is 9.97 Å². The molecule has 8 nitrogen and oxygen atoms in total. The fraction of sp³-hybridized carbons (Fsp3) is 0.267. The van der Waals surface area contributed by atoms with Crippen LogP contribution in [0.4, 0.5) is 11.5 Å². The number of ether oxygens (including phenoxy) is 2. The van der Waals surface area contributed by atoms with Gasteiger partial charge in [-0.25, -0.2) is 14.8 Å². The first kappa shape index (κ1) is 16.3. The molecule has 0 fully saturated rings. The number of carboxylic acids is 1. The molecular weight excluding hydrogens is 300 g/mol. The molecule has 0 spiro atoms. The van der Waals surface area contributed by atoms with Gasteiger partial charge >= 0.3 is 5.97 Å². The first-order chi connectivity index (χ1) is 11.1. The number of hydrogen-bond acceptors (Lipinski definition) is 7. The molecule has 0 aliphatic rings. The maximum absolute atomic E-state index is 10.7. The van der Waals surface area contributed by atoms with Crippen molar-refractivity contribution in [3.63, 3.8) is 0 Å². The Balaban J connectivity index is 1.84. The fourth-order valence-electron chi connectivity index (χ4n) is 1.84. The molecule has 1 aromatic heterocycles. The molecule has 0 saturated heterocycles. The van der Waals surface area contributed by atoms with Gasteiger partial charge in [-0.1, -0.05) is 0 Å². The molecule has 2 aromatic rings. The van der Waals surface area contributed by atoms with Gasteiger partial charge in [-0.2, -0.15) is 0 Å². The fourth-order valence-corrected chi connectivity index (χ4v) is 1.84. The number of anilines is 2. The molecule has 0 amide bonds. The molecule has 122 valence electrons. The Bertz CT molecular complexity index is 639. The van der Waals surface area contributed by atoms with Crippen LogP contribution in [0.5, 0.6) is 11.5 Å². The van der Waals surface area contributed by atoms with Crippen molar-refractivity contribution in [2.75, 3.05) is 37.9 Å². The van der Waals surface area contributed by atoms with Gasteiger partial charge in [-0.3, -0.25) is 0 Å². The Hall–Kier alpha value is -3.03. The van der Waals surface area contributed by atoms with Crippen molar-refractivity contribution in [3.05, 3.63) is 36.3 Å². The van der Waals surface area contributed by atoms with E-state index in [2.05, 4.69) is 20.6 Å². The maximum Gasteiger partial charge on any atom is 0.356 e. The van der Waals surface area contributed by atoms with Gasteiger partial charge in [0, 0.05) is 37.0 Å². The SMILES string of the molecule is COc1cc(NCCNc2cnc(C(=O)O)cn2)cc(OC)c1. The van der Waals surface area contributed by atoms with Crippen molar-refractivity contribution in [3.8, 4) is 11.5 Å². The lowest BCUT2D eigenvalue weighted by Gasteiger charge is -2.11. The zero-order chi connectivity index (χ0) is 16.7. The third-order valence-electron chi connectivity index (χ3n) is 2.98. The summed E-state index contributed by atoms with van der Waals surface area (Å²) in [6.45, 7) is 1.21. The molecule has 3 N–H and O–H groups in total. The van der Waals surface area contributed by atoms with Gasteiger partial charge in [0.05, 0.1) is 26.6 Å². The lowest BCUT2D eigenvalue weighted by Crippen LogP contribution is -2.15. The number of nitrogens with zero attached hydrogens (tertiary/aromatic N) is 2. The number of aromatic carboxylic acids is 1. The number of carbonyl (C=O) groups is 1. The van der Waals surface area contributed by atoms with Gasteiger partial charge in [-0.15, -0.1) is 0 Å². The number of aromatic nitrogens is 2. The highest BCUT2D eigenvalue weighted by Gasteiger charge is 2.04. The van der Waals surface area contributed by atoms with Gasteiger partial charge in [-0.05, 0) is 0 Å². The number of nitrogens with one attached hydrogen (secondary N) is 2. The van der Waals surface area contributed by atoms with Crippen molar-refractivity contribution in [2.45, 2.75) is 0 Å². The van der Waals surface area contributed by atoms with E-state index in [4.69, 9.17) is 14.6 Å². The average Bonchev–Trinajstić information content (AvgIpc) is 2.58. The summed E-state index contributed by atoms with van der Waals surface area (Å²) in [5, 5.41) is 15.0. The second-order valence-corrected chi connectivity index (χ2v) is 4.55. The van der Waals surface area contributed by atoms with Crippen LogP contribution in [0.25, 0.3) is 0 Å². The summed E-state index contributed by atoms with van der Waals surface area (Å²) in [5.41, 5.74) is 0.785. The summed E-state index contributed by atoms with van der Waals surface area (Å²) in [6.07, 6.45) is 2.60. The van der Waals surface area contributed by atoms with Crippen LogP contribution in [0.15, 0.2) is 30.6 Å². The minimum absolute atomic E-state index is 0.0860. The summed E-state index contributed by atoms with van der Waals surface area (Å²) >= 11 is 0. The number of carboxylic acid groups (broad SMARTS) is 1. The van der Waals surface area contributed by atoms with Crippen LogP contribution in [0.2, 0.25) is 0 Å². The number of rotatable bonds is 8. The van der Waals surface area contributed by atoms with E-state index in [1.54, 1.807) is 20.3 Å². The van der Waals surface area contributed by atoms with E-state index in [1.165, 1.54) is 12.4 Å². The van der Waals surface area contributed by atoms with E-state index < -0.39 is 5.97 Å². The highest BCUT2D eigenvalue weighted by Crippen LogP contribution is 2.25. The molecular formula is C15H18N4O4. The average molecular weight is 318 g/mol. The summed E-state index contributed by atoms with van der Waals surface area (Å²) in [7, 11) is 3.19. The van der Waals surface area contributed by atoms with E-state index in [9.17, 15) is 4.79 Å². The van der Waals surface area contributed by atoms with Crippen molar-refractivity contribution < 1.29 is 19.4 Å². The lowest BCUT2D eigenvalue weighted by molar-refractivity contribution is 0.0690. The van der Waals surface area contributed by atoms with Crippen molar-refractivity contribution in [2.24, 2.45) is 0 Å². The van der Waals surface area contributed by atoms with E-state index in [0.717, 1.165) is 5.69 Å². The van der Waals surface area contributed by atoms with Gasteiger partial charge in [0.15, 0.2) is 5.69 Å². The van der Waals surface area contributed by atoms with E-state index in [1.807, 2.05) is 12.1 Å². The summed E-state index contributed by atoms with van der Waals surface area (Å²) in [4.78, 5) is 18.4. The summed E-state index contributed by atoms with van der Waals surface area (Å²) in [5.74, 6) is 0.822. The molecule has 2 rings (SSSR count). The standard InChI is InChI=1S/C15H18N4O4/c1-22-11-5-10(6-12(7-11)23-2)16-3-4-17-14-9-18-13(8-19-14)15(20)21/h5-9,16H,3-4H2,1-2H3,(H,17,19)(H,20,21). The minimum Gasteiger partial charge on any atom is -0.497 e. The zero-order valence-corrected chi connectivity index (χ0v) is 12.9. The molecule has 1 aromatic carbocycles. The Morgan fingerprint density at radius 2 is 1.70 bits per heavy atom. The van der Waals surface area contributed by atoms with Crippen LogP contribution in [0.1, 0.15) is 10.5 Å². The van der Waals surface area contributed by atoms with Crippen LogP contribution in [0, 0.1) is 0 Å². The largest absolute Gasteiger partial charge is 0.497 e. The molecule has 0 bridgehead atoms. The topological polar surface area (TPSA) is 106 Å². The quantitative estimate of drug-likeness (QED) is 0.632. The third-order valence-corrected chi connectivity index (χ3v) is 2.98. The summed E-state index contributed by atoms with van der Waals surface area (Å²) < 4.78 is 10.4. The van der Waals surface area contributed by atoms with Gasteiger partial charge in [0.2, 0.25) is 0 Å². The van der Waals surface area contributed by atoms with Crippen LogP contribution in [-0.2, 0) is 0 Å². The third kappa shape index (κ3) is 4.73. The first-order valence-corrected chi connectivity index (χ1v) is 6.88. The predicted molar refractivity (Wildman–Crippen MR) is 85.5 cm³/mol. The number of methoxy groups -OCH3 is 2. The number of benzene rings is 1. The number of hydrogen-bond donors (Lipinski definition) is 3. The van der Waals surface area contributed by atoms with Crippen molar-refractivity contribution >= 4 is 17.5 Å². The van der Waals surface area contributed by atoms with E-state index in [0.29, 0.717) is 30.4 Å². The second kappa shape index (κ2) is 7.83. The molecule has 1 heterocycles. The van der Waals surface area contributed by atoms with Crippen LogP contribution >= 0.6 is 0 Å². The first-order valence-electron chi connectivity index (χ1n) is 6.88. The Morgan fingerprint density at radius 1 is 1.04 bits per heavy atom. The highest BCUT2D eigenvalue weighted by atomic mass is 16.5. The van der Waals surface area contributed by atoms with Gasteiger partial charge in [0.1, 0.15) is 17.3 Å². The van der Waals surface area contributed by atoms with Gasteiger partial charge in [0.25, 0.3) is 0 Å². The predicted octanol–water partition coefficient (Wildman–Crippen LogP) is 1.72. The van der Waals surface area contributed by atoms with Crippen LogP contribution < -0.4 is 20.1 Å². The monoisotopic (exact) mass is 318 g/mol. The minimum atomic E-state index is -1.10. The van der Waals surface area contributed by atoms with Crippen LogP contribution in [0.3, 0.4) is 0 Å². The normalized spacial score (nSPS) is 10.0. The Morgan fingerprint density at radius 3 is 2.22 bits per heavy atom. The molecule has 0 radical (unpaired) electrons. The second-order valence-electron chi connectivity index (χ2n) is 4.55. The maximum atomic E-state index is 10.7. The molecule has 8 heteroatoms. The molecule has 0 saturated carbocycles. The van der Waals surface area contributed by atoms with E-state index >= 15 is 0 Å².